The van der Waals surface area contributed by atoms with Crippen molar-refractivity contribution in [1.29, 1.82) is 5.39 Å². The number of nitrogens with zero attached hydrogens (tertiary/aromatic N) is 3. The Balaban J connectivity index is 0.000000172. The molecule has 0 saturated heterocycles. The number of hydrogen-bond donors (Lipinski definition) is 0. The van der Waals surface area contributed by atoms with E-state index in [1.165, 1.54) is 24.3 Å². The second-order valence-electron chi connectivity index (χ2n) is 4.05. The summed E-state index contributed by atoms with van der Waals surface area (Å²) >= 11 is 5.55. The van der Waals surface area contributed by atoms with Gasteiger partial charge in [-0.15, -0.1) is 0 Å². The Hall–Kier alpha value is -1.99. The number of diazo groups is 1. The van der Waals surface area contributed by atoms with Gasteiger partial charge in [0.25, 0.3) is 0 Å². The SMILES string of the molecule is N#[N+]c1ccc(Cl)cc1.O=S1(=O)[N-]S(=O)(=O)c2ccccc21. The Bertz CT molecular complexity index is 898. The van der Waals surface area contributed by atoms with Crippen molar-refractivity contribution in [3.8, 4) is 0 Å². The van der Waals surface area contributed by atoms with Crippen molar-refractivity contribution >= 4 is 37.3 Å². The summed E-state index contributed by atoms with van der Waals surface area (Å²) in [5, 5.41) is 8.85. The molecule has 0 radical (unpaired) electrons. The van der Waals surface area contributed by atoms with Crippen LogP contribution in [-0.2, 0) is 20.0 Å². The van der Waals surface area contributed by atoms with E-state index in [0.29, 0.717) is 10.7 Å². The molecule has 0 spiro atoms. The number of fused-ring (bicyclic) bond motifs is 1. The van der Waals surface area contributed by atoms with Crippen LogP contribution in [0.15, 0.2) is 58.3 Å². The minimum absolute atomic E-state index is 0.241. The van der Waals surface area contributed by atoms with E-state index < -0.39 is 20.0 Å². The molecule has 0 aromatic heterocycles. The Morgan fingerprint density at radius 3 is 1.73 bits per heavy atom. The lowest BCUT2D eigenvalue weighted by molar-refractivity contribution is 0.603. The van der Waals surface area contributed by atoms with Gasteiger partial charge in [-0.3, -0.25) is 0 Å². The first-order valence-electron chi connectivity index (χ1n) is 5.70. The van der Waals surface area contributed by atoms with Crippen LogP contribution in [0.2, 0.25) is 5.02 Å². The van der Waals surface area contributed by atoms with Crippen LogP contribution in [0.3, 0.4) is 0 Å². The number of benzene rings is 2. The summed E-state index contributed by atoms with van der Waals surface area (Å²) in [5.41, 5.74) is 0.513. The zero-order valence-corrected chi connectivity index (χ0v) is 13.2. The summed E-state index contributed by atoms with van der Waals surface area (Å²) in [6.07, 6.45) is 0. The lowest BCUT2D eigenvalue weighted by atomic mass is 10.3. The van der Waals surface area contributed by atoms with Crippen molar-refractivity contribution in [3.63, 3.8) is 0 Å². The van der Waals surface area contributed by atoms with E-state index in [2.05, 4.69) is 9.10 Å². The summed E-state index contributed by atoms with van der Waals surface area (Å²) in [6, 6.07) is 11.9. The first-order valence-corrected chi connectivity index (χ1v) is 8.96. The van der Waals surface area contributed by atoms with E-state index in [9.17, 15) is 16.8 Å². The van der Waals surface area contributed by atoms with Gasteiger partial charge in [-0.1, -0.05) is 23.7 Å². The van der Waals surface area contributed by atoms with Crippen LogP contribution in [0.4, 0.5) is 5.69 Å². The van der Waals surface area contributed by atoms with Gasteiger partial charge in [0.15, 0.2) is 4.98 Å². The van der Waals surface area contributed by atoms with Crippen LogP contribution in [0.5, 0.6) is 0 Å². The molecule has 10 heteroatoms. The normalized spacial score (nSPS) is 16.7. The van der Waals surface area contributed by atoms with Gasteiger partial charge in [-0.05, 0) is 24.3 Å². The van der Waals surface area contributed by atoms with Crippen LogP contribution in [-0.4, -0.2) is 16.8 Å². The second-order valence-corrected chi connectivity index (χ2v) is 7.86. The van der Waals surface area contributed by atoms with E-state index in [0.717, 1.165) is 0 Å². The zero-order chi connectivity index (χ0) is 16.4. The van der Waals surface area contributed by atoms with Crippen molar-refractivity contribution in [2.45, 2.75) is 9.79 Å². The van der Waals surface area contributed by atoms with Crippen LogP contribution >= 0.6 is 11.6 Å². The van der Waals surface area contributed by atoms with Gasteiger partial charge < -0.3 is 4.13 Å². The van der Waals surface area contributed by atoms with Gasteiger partial charge in [0.05, 0.1) is 9.79 Å². The molecule has 0 saturated carbocycles. The summed E-state index contributed by atoms with van der Waals surface area (Å²) in [6.45, 7) is 0. The highest BCUT2D eigenvalue weighted by Gasteiger charge is 2.26. The highest BCUT2D eigenvalue weighted by atomic mass is 35.5. The maximum atomic E-state index is 11.1. The standard InChI is InChI=1S/C6H4ClN2.C6H4NO4S2/c7-5-1-3-6(9-8)4-2-5;8-12(9)5-3-1-2-4-6(5)13(10,11)7-12/h1-4H;1-4H/q+1;-1. The molecule has 2 aromatic carbocycles. The molecule has 114 valence electrons. The van der Waals surface area contributed by atoms with E-state index in [1.54, 1.807) is 24.3 Å². The highest BCUT2D eigenvalue weighted by Crippen LogP contribution is 2.37. The third kappa shape index (κ3) is 3.42. The van der Waals surface area contributed by atoms with E-state index in [4.69, 9.17) is 17.0 Å². The Morgan fingerprint density at radius 1 is 0.864 bits per heavy atom. The predicted molar refractivity (Wildman–Crippen MR) is 80.4 cm³/mol. The lowest BCUT2D eigenvalue weighted by Crippen LogP contribution is -1.92. The zero-order valence-electron chi connectivity index (χ0n) is 10.8. The molecular weight excluding hydrogens is 350 g/mol. The summed E-state index contributed by atoms with van der Waals surface area (Å²) in [4.78, 5) is 2.47. The van der Waals surface area contributed by atoms with E-state index in [-0.39, 0.29) is 9.79 Å². The number of sulfonamides is 2. The molecule has 0 atom stereocenters. The topological polar surface area (TPSA) is 111 Å². The molecule has 0 fully saturated rings. The van der Waals surface area contributed by atoms with Gasteiger partial charge in [0.2, 0.25) is 5.39 Å². The second kappa shape index (κ2) is 6.02. The molecular formula is C12H8ClN3O4S2. The average Bonchev–Trinajstić information content (AvgIpc) is 2.66. The van der Waals surface area contributed by atoms with Crippen molar-refractivity contribution in [2.75, 3.05) is 0 Å². The van der Waals surface area contributed by atoms with E-state index in [1.807, 2.05) is 0 Å². The summed E-state index contributed by atoms with van der Waals surface area (Å²) in [5.74, 6) is 0. The largest absolute Gasteiger partial charge is 0.428 e. The number of rotatable bonds is 0. The maximum Gasteiger partial charge on any atom is 0.385 e. The molecule has 7 nitrogen and oxygen atoms in total. The van der Waals surface area contributed by atoms with Crippen molar-refractivity contribution in [1.82, 2.24) is 0 Å². The smallest absolute Gasteiger partial charge is 0.385 e. The van der Waals surface area contributed by atoms with Gasteiger partial charge in [-0.2, -0.15) is 0 Å². The predicted octanol–water partition coefficient (Wildman–Crippen LogP) is 3.28. The molecule has 1 heterocycles. The lowest BCUT2D eigenvalue weighted by Gasteiger charge is -2.05. The Kier molecular flexibility index (Phi) is 4.48. The number of halogens is 1. The highest BCUT2D eigenvalue weighted by molar-refractivity contribution is 8.14. The fourth-order valence-electron chi connectivity index (χ4n) is 1.59. The van der Waals surface area contributed by atoms with Crippen LogP contribution in [0, 0.1) is 5.39 Å². The Labute approximate surface area is 132 Å². The third-order valence-corrected chi connectivity index (χ3v) is 6.32. The average molecular weight is 358 g/mol. The third-order valence-electron chi connectivity index (χ3n) is 2.54. The molecule has 1 aliphatic rings. The molecule has 22 heavy (non-hydrogen) atoms. The first kappa shape index (κ1) is 16.4. The maximum absolute atomic E-state index is 11.1. The molecule has 1 aliphatic heterocycles. The van der Waals surface area contributed by atoms with Gasteiger partial charge in [0, 0.05) is 17.2 Å². The van der Waals surface area contributed by atoms with Crippen molar-refractivity contribution < 1.29 is 16.8 Å². The van der Waals surface area contributed by atoms with Crippen LogP contribution in [0.1, 0.15) is 0 Å². The van der Waals surface area contributed by atoms with E-state index >= 15 is 0 Å². The molecule has 0 bridgehead atoms. The fourth-order valence-corrected chi connectivity index (χ4v) is 5.17. The minimum atomic E-state index is -3.98. The first-order chi connectivity index (χ1) is 10.3. The van der Waals surface area contributed by atoms with Gasteiger partial charge >= 0.3 is 5.69 Å². The number of hydrogen-bond acceptors (Lipinski definition) is 5. The molecule has 0 aliphatic carbocycles. The van der Waals surface area contributed by atoms with Gasteiger partial charge in [-0.25, -0.2) is 16.8 Å². The van der Waals surface area contributed by atoms with Gasteiger partial charge in [0.1, 0.15) is 20.0 Å². The molecule has 3 rings (SSSR count). The summed E-state index contributed by atoms with van der Waals surface area (Å²) in [7, 11) is -7.95. The minimum Gasteiger partial charge on any atom is -0.428 e. The fraction of sp³-hybridized carbons (Fsp3) is 0. The Morgan fingerprint density at radius 2 is 1.32 bits per heavy atom. The summed E-state index contributed by atoms with van der Waals surface area (Å²) < 4.78 is 47.3. The van der Waals surface area contributed by atoms with Crippen molar-refractivity contribution in [2.24, 2.45) is 0 Å². The molecule has 0 amide bonds. The molecule has 0 N–H and O–H groups in total. The van der Waals surface area contributed by atoms with Crippen LogP contribution < -0.4 is 0 Å². The molecule has 0 unspecified atom stereocenters. The quantitative estimate of drug-likeness (QED) is 0.672. The van der Waals surface area contributed by atoms with Crippen LogP contribution in [0.25, 0.3) is 9.10 Å². The molecule has 2 aromatic rings. The van der Waals surface area contributed by atoms with Crippen molar-refractivity contribution in [3.05, 3.63) is 62.7 Å². The monoisotopic (exact) mass is 357 g/mol.